The minimum atomic E-state index is -0.110. The zero-order valence-corrected chi connectivity index (χ0v) is 11.5. The van der Waals surface area contributed by atoms with Crippen molar-refractivity contribution in [1.29, 1.82) is 0 Å². The lowest BCUT2D eigenvalue weighted by Crippen LogP contribution is -2.06. The number of H-pyrrole nitrogens is 1. The molecule has 0 spiro atoms. The quantitative estimate of drug-likeness (QED) is 0.740. The summed E-state index contributed by atoms with van der Waals surface area (Å²) in [6.45, 7) is 11.5. The molecule has 8 heteroatoms. The SMILES string of the molecule is [C-]#[N+]c1nnc(-c2c[nH]c3ncnc(OCC(C)C)c23)o1. The Labute approximate surface area is 120 Å². The minimum absolute atomic E-state index is 0.110. The van der Waals surface area contributed by atoms with Crippen molar-refractivity contribution >= 4 is 17.0 Å². The van der Waals surface area contributed by atoms with E-state index in [4.69, 9.17) is 15.7 Å². The maximum absolute atomic E-state index is 6.87. The number of rotatable bonds is 4. The summed E-state index contributed by atoms with van der Waals surface area (Å²) in [5.41, 5.74) is 1.23. The molecule has 0 atom stereocenters. The average molecular weight is 284 g/mol. The molecule has 0 radical (unpaired) electrons. The standard InChI is InChI=1S/C13H12N6O2/c1-7(2)5-20-12-9-8(4-15-10(9)16-6-17-12)11-18-19-13(14-3)21-11/h4,6-7H,5H2,1-2H3,(H,15,16,17). The number of aromatic amines is 1. The van der Waals surface area contributed by atoms with Crippen LogP contribution in [-0.4, -0.2) is 31.8 Å². The highest BCUT2D eigenvalue weighted by Gasteiger charge is 2.19. The van der Waals surface area contributed by atoms with Gasteiger partial charge in [-0.1, -0.05) is 20.4 Å². The van der Waals surface area contributed by atoms with E-state index in [1.165, 1.54) is 6.33 Å². The van der Waals surface area contributed by atoms with E-state index in [1.54, 1.807) is 6.20 Å². The van der Waals surface area contributed by atoms with E-state index in [-0.39, 0.29) is 11.9 Å². The van der Waals surface area contributed by atoms with Gasteiger partial charge in [-0.2, -0.15) is 0 Å². The van der Waals surface area contributed by atoms with Crippen molar-refractivity contribution in [2.45, 2.75) is 13.8 Å². The normalized spacial score (nSPS) is 11.0. The Kier molecular flexibility index (Phi) is 3.23. The molecule has 0 saturated carbocycles. The van der Waals surface area contributed by atoms with E-state index < -0.39 is 0 Å². The fourth-order valence-electron chi connectivity index (χ4n) is 1.83. The van der Waals surface area contributed by atoms with Gasteiger partial charge in [-0.25, -0.2) is 9.97 Å². The van der Waals surface area contributed by atoms with Gasteiger partial charge in [-0.05, 0) is 11.0 Å². The van der Waals surface area contributed by atoms with E-state index in [9.17, 15) is 0 Å². The minimum Gasteiger partial charge on any atom is -0.477 e. The first-order chi connectivity index (χ1) is 10.2. The largest absolute Gasteiger partial charge is 0.477 e. The molecule has 0 saturated heterocycles. The van der Waals surface area contributed by atoms with Crippen LogP contribution in [0.4, 0.5) is 6.01 Å². The van der Waals surface area contributed by atoms with Crippen LogP contribution in [0.5, 0.6) is 5.88 Å². The Morgan fingerprint density at radius 2 is 2.24 bits per heavy atom. The van der Waals surface area contributed by atoms with Crippen molar-refractivity contribution in [3.05, 3.63) is 23.9 Å². The zero-order chi connectivity index (χ0) is 14.8. The first kappa shape index (κ1) is 13.1. The predicted molar refractivity (Wildman–Crippen MR) is 73.8 cm³/mol. The number of hydrogen-bond donors (Lipinski definition) is 1. The molecule has 3 rings (SSSR count). The van der Waals surface area contributed by atoms with Crippen molar-refractivity contribution < 1.29 is 9.15 Å². The Morgan fingerprint density at radius 1 is 1.38 bits per heavy atom. The molecule has 0 aliphatic rings. The molecule has 3 aromatic rings. The highest BCUT2D eigenvalue weighted by molar-refractivity contribution is 5.94. The van der Waals surface area contributed by atoms with Crippen LogP contribution in [0, 0.1) is 12.5 Å². The van der Waals surface area contributed by atoms with Crippen molar-refractivity contribution in [3.8, 4) is 17.3 Å². The number of nitrogens with one attached hydrogen (secondary N) is 1. The first-order valence-corrected chi connectivity index (χ1v) is 6.35. The summed E-state index contributed by atoms with van der Waals surface area (Å²) >= 11 is 0. The van der Waals surface area contributed by atoms with Gasteiger partial charge in [0.15, 0.2) is 0 Å². The van der Waals surface area contributed by atoms with Gasteiger partial charge in [0, 0.05) is 11.3 Å². The van der Waals surface area contributed by atoms with Crippen LogP contribution in [-0.2, 0) is 0 Å². The summed E-state index contributed by atoms with van der Waals surface area (Å²) in [5.74, 6) is 1.05. The van der Waals surface area contributed by atoms with Crippen LogP contribution in [0.3, 0.4) is 0 Å². The number of ether oxygens (including phenoxy) is 1. The van der Waals surface area contributed by atoms with Crippen LogP contribution in [0.25, 0.3) is 27.3 Å². The number of hydrogen-bond acceptors (Lipinski definition) is 6. The maximum Gasteiger partial charge on any atom is 0.475 e. The van der Waals surface area contributed by atoms with E-state index >= 15 is 0 Å². The first-order valence-electron chi connectivity index (χ1n) is 6.35. The molecule has 3 aromatic heterocycles. The van der Waals surface area contributed by atoms with E-state index in [0.29, 0.717) is 35.0 Å². The van der Waals surface area contributed by atoms with Crippen molar-refractivity contribution in [2.24, 2.45) is 5.92 Å². The zero-order valence-electron chi connectivity index (χ0n) is 11.5. The molecule has 8 nitrogen and oxygen atoms in total. The van der Waals surface area contributed by atoms with Crippen LogP contribution in [0.15, 0.2) is 16.9 Å². The Morgan fingerprint density at radius 3 is 2.95 bits per heavy atom. The van der Waals surface area contributed by atoms with E-state index in [2.05, 4.69) is 43.8 Å². The summed E-state index contributed by atoms with van der Waals surface area (Å²) in [4.78, 5) is 14.4. The molecule has 0 bridgehead atoms. The van der Waals surface area contributed by atoms with Gasteiger partial charge in [-0.15, -0.1) is 0 Å². The molecule has 3 heterocycles. The van der Waals surface area contributed by atoms with Gasteiger partial charge in [-0.3, -0.25) is 0 Å². The highest BCUT2D eigenvalue weighted by atomic mass is 16.5. The molecule has 0 unspecified atom stereocenters. The summed E-state index contributed by atoms with van der Waals surface area (Å²) in [5, 5.41) is 8.15. The second-order valence-electron chi connectivity index (χ2n) is 4.81. The van der Waals surface area contributed by atoms with Gasteiger partial charge in [0.25, 0.3) is 5.89 Å². The summed E-state index contributed by atoms with van der Waals surface area (Å²) < 4.78 is 11.0. The lowest BCUT2D eigenvalue weighted by atomic mass is 10.2. The van der Waals surface area contributed by atoms with Crippen LogP contribution >= 0.6 is 0 Å². The third kappa shape index (κ3) is 2.41. The fraction of sp³-hybridized carbons (Fsp3) is 0.308. The van der Waals surface area contributed by atoms with Gasteiger partial charge >= 0.3 is 6.01 Å². The molecule has 21 heavy (non-hydrogen) atoms. The van der Waals surface area contributed by atoms with Gasteiger partial charge in [0.1, 0.15) is 12.0 Å². The molecular formula is C13H12N6O2. The molecule has 106 valence electrons. The number of nitrogens with zero attached hydrogens (tertiary/aromatic N) is 5. The number of aromatic nitrogens is 5. The second kappa shape index (κ2) is 5.20. The third-order valence-corrected chi connectivity index (χ3v) is 2.73. The molecule has 0 fully saturated rings. The maximum atomic E-state index is 6.87. The lowest BCUT2D eigenvalue weighted by Gasteiger charge is -2.08. The van der Waals surface area contributed by atoms with Crippen molar-refractivity contribution in [1.82, 2.24) is 25.1 Å². The van der Waals surface area contributed by atoms with Gasteiger partial charge in [0.05, 0.1) is 17.6 Å². The third-order valence-electron chi connectivity index (χ3n) is 2.73. The van der Waals surface area contributed by atoms with E-state index in [1.807, 2.05) is 0 Å². The Balaban J connectivity index is 2.09. The van der Waals surface area contributed by atoms with E-state index in [0.717, 1.165) is 0 Å². The van der Waals surface area contributed by atoms with Crippen molar-refractivity contribution in [3.63, 3.8) is 0 Å². The Hall–Kier alpha value is -2.95. The molecule has 0 aromatic carbocycles. The van der Waals surface area contributed by atoms with Crippen LogP contribution < -0.4 is 4.74 Å². The van der Waals surface area contributed by atoms with Crippen molar-refractivity contribution in [2.75, 3.05) is 6.61 Å². The van der Waals surface area contributed by atoms with Crippen LogP contribution in [0.2, 0.25) is 0 Å². The average Bonchev–Trinajstić information content (AvgIpc) is 3.10. The van der Waals surface area contributed by atoms with Crippen LogP contribution in [0.1, 0.15) is 13.8 Å². The Bertz CT molecular complexity index is 814. The molecule has 0 aliphatic heterocycles. The fourth-order valence-corrected chi connectivity index (χ4v) is 1.83. The highest BCUT2D eigenvalue weighted by Crippen LogP contribution is 2.33. The lowest BCUT2D eigenvalue weighted by molar-refractivity contribution is 0.264. The molecule has 0 aliphatic carbocycles. The monoisotopic (exact) mass is 284 g/mol. The topological polar surface area (TPSA) is 94.1 Å². The summed E-state index contributed by atoms with van der Waals surface area (Å²) in [7, 11) is 0. The molecule has 1 N–H and O–H groups in total. The molecular weight excluding hydrogens is 272 g/mol. The summed E-state index contributed by atoms with van der Waals surface area (Å²) in [6, 6.07) is -0.110. The van der Waals surface area contributed by atoms with Gasteiger partial charge in [0.2, 0.25) is 5.88 Å². The summed E-state index contributed by atoms with van der Waals surface area (Å²) in [6.07, 6.45) is 3.11. The smallest absolute Gasteiger partial charge is 0.475 e. The molecule has 0 amide bonds. The predicted octanol–water partition coefficient (Wildman–Crippen LogP) is 2.59. The van der Waals surface area contributed by atoms with Gasteiger partial charge < -0.3 is 19.0 Å². The number of fused-ring (bicyclic) bond motifs is 1. The second-order valence-corrected chi connectivity index (χ2v) is 4.81.